The summed E-state index contributed by atoms with van der Waals surface area (Å²) in [5.41, 5.74) is 2.69. The van der Waals surface area contributed by atoms with Gasteiger partial charge in [0.15, 0.2) is 6.04 Å². The number of rotatable bonds is 7. The zero-order valence-corrected chi connectivity index (χ0v) is 15.5. The minimum absolute atomic E-state index is 0.0647. The van der Waals surface area contributed by atoms with Gasteiger partial charge in [-0.1, -0.05) is 44.2 Å². The van der Waals surface area contributed by atoms with Crippen molar-refractivity contribution >= 4 is 11.6 Å². The number of nitrogens with one attached hydrogen (secondary N) is 2. The van der Waals surface area contributed by atoms with E-state index in [-0.39, 0.29) is 17.8 Å². The van der Waals surface area contributed by atoms with E-state index in [1.54, 1.807) is 12.1 Å². The van der Waals surface area contributed by atoms with Crippen LogP contribution in [0.2, 0.25) is 0 Å². The zero-order valence-electron chi connectivity index (χ0n) is 15.5. The number of halogens is 1. The second-order valence-electron chi connectivity index (χ2n) is 6.76. The number of hydrogen-bond donors (Lipinski definition) is 2. The van der Waals surface area contributed by atoms with Crippen LogP contribution in [0.3, 0.4) is 0 Å². The topological polar surface area (TPSA) is 33.5 Å². The third-order valence-electron chi connectivity index (χ3n) is 4.92. The molecule has 1 amide bonds. The molecule has 2 N–H and O–H groups in total. The Hall–Kier alpha value is -2.20. The van der Waals surface area contributed by atoms with Gasteiger partial charge >= 0.3 is 0 Å². The van der Waals surface area contributed by atoms with Gasteiger partial charge in [-0.25, -0.2) is 4.39 Å². The first-order valence-corrected chi connectivity index (χ1v) is 8.89. The predicted octanol–water partition coefficient (Wildman–Crippen LogP) is 3.38. The Balaban J connectivity index is 1.96. The van der Waals surface area contributed by atoms with Gasteiger partial charge in [-0.3, -0.25) is 4.79 Å². The second-order valence-corrected chi connectivity index (χ2v) is 6.76. The quantitative estimate of drug-likeness (QED) is 0.794. The molecule has 0 aromatic heterocycles. The highest BCUT2D eigenvalue weighted by atomic mass is 19.1. The molecule has 2 rings (SSSR count). The van der Waals surface area contributed by atoms with Crippen molar-refractivity contribution in [3.63, 3.8) is 0 Å². The van der Waals surface area contributed by atoms with Crippen LogP contribution in [0.25, 0.3) is 0 Å². The lowest BCUT2D eigenvalue weighted by atomic mass is 9.98. The van der Waals surface area contributed by atoms with Gasteiger partial charge in [0, 0.05) is 11.3 Å². The number of anilines is 1. The van der Waals surface area contributed by atoms with Crippen molar-refractivity contribution in [3.05, 3.63) is 65.5 Å². The summed E-state index contributed by atoms with van der Waals surface area (Å²) in [6.45, 7) is 6.68. The maximum Gasteiger partial charge on any atom is 0.282 e. The molecule has 0 aliphatic carbocycles. The van der Waals surface area contributed by atoms with Crippen molar-refractivity contribution in [3.8, 4) is 0 Å². The van der Waals surface area contributed by atoms with Crippen LogP contribution in [0, 0.1) is 5.82 Å². The second kappa shape index (κ2) is 8.77. The van der Waals surface area contributed by atoms with Crippen LogP contribution in [0.4, 0.5) is 10.1 Å². The number of benzene rings is 2. The Kier molecular flexibility index (Phi) is 6.71. The van der Waals surface area contributed by atoms with E-state index in [1.165, 1.54) is 11.6 Å². The van der Waals surface area contributed by atoms with Gasteiger partial charge < -0.3 is 10.2 Å². The molecule has 0 bridgehead atoms. The third-order valence-corrected chi connectivity index (χ3v) is 4.92. The van der Waals surface area contributed by atoms with Gasteiger partial charge in [-0.05, 0) is 43.0 Å². The lowest BCUT2D eigenvalue weighted by Gasteiger charge is -2.21. The zero-order chi connectivity index (χ0) is 18.4. The Morgan fingerprint density at radius 1 is 1.12 bits per heavy atom. The average molecular weight is 343 g/mol. The molecule has 2 aromatic rings. The molecule has 3 atom stereocenters. The minimum Gasteiger partial charge on any atom is -0.324 e. The van der Waals surface area contributed by atoms with Crippen LogP contribution in [0.5, 0.6) is 0 Å². The highest BCUT2D eigenvalue weighted by Crippen LogP contribution is 2.20. The molecule has 0 saturated heterocycles. The molecule has 0 fully saturated rings. The van der Waals surface area contributed by atoms with Gasteiger partial charge in [0.25, 0.3) is 5.91 Å². The lowest BCUT2D eigenvalue weighted by Crippen LogP contribution is -3.12. The summed E-state index contributed by atoms with van der Waals surface area (Å²) in [7, 11) is 1.91. The van der Waals surface area contributed by atoms with Crippen molar-refractivity contribution < 1.29 is 14.1 Å². The normalized spacial score (nSPS) is 14.6. The van der Waals surface area contributed by atoms with Crippen LogP contribution in [0.15, 0.2) is 48.5 Å². The molecular weight excluding hydrogens is 315 g/mol. The summed E-state index contributed by atoms with van der Waals surface area (Å²) in [4.78, 5) is 13.4. The maximum absolute atomic E-state index is 13.8. The average Bonchev–Trinajstić information content (AvgIpc) is 2.62. The van der Waals surface area contributed by atoms with Crippen LogP contribution in [0.1, 0.15) is 44.2 Å². The largest absolute Gasteiger partial charge is 0.324 e. The van der Waals surface area contributed by atoms with E-state index in [4.69, 9.17) is 0 Å². The van der Waals surface area contributed by atoms with Crippen molar-refractivity contribution in [1.29, 1.82) is 0 Å². The van der Waals surface area contributed by atoms with E-state index in [9.17, 15) is 9.18 Å². The molecular formula is C21H28FN2O+. The van der Waals surface area contributed by atoms with E-state index in [0.717, 1.165) is 17.0 Å². The predicted molar refractivity (Wildman–Crippen MR) is 100 cm³/mol. The van der Waals surface area contributed by atoms with Crippen LogP contribution >= 0.6 is 0 Å². The van der Waals surface area contributed by atoms with E-state index in [2.05, 4.69) is 31.3 Å². The summed E-state index contributed by atoms with van der Waals surface area (Å²) < 4.78 is 13.8. The van der Waals surface area contributed by atoms with E-state index in [1.807, 2.05) is 32.2 Å². The molecule has 2 aromatic carbocycles. The van der Waals surface area contributed by atoms with Gasteiger partial charge in [-0.2, -0.15) is 0 Å². The number of amides is 1. The van der Waals surface area contributed by atoms with Gasteiger partial charge in [0.2, 0.25) is 0 Å². The summed E-state index contributed by atoms with van der Waals surface area (Å²) in [5.74, 6) is 0.222. The van der Waals surface area contributed by atoms with Crippen LogP contribution < -0.4 is 10.2 Å². The van der Waals surface area contributed by atoms with Crippen LogP contribution in [-0.4, -0.2) is 19.0 Å². The molecule has 0 saturated carbocycles. The van der Waals surface area contributed by atoms with Crippen molar-refractivity contribution in [2.75, 3.05) is 12.4 Å². The van der Waals surface area contributed by atoms with Gasteiger partial charge in [0.05, 0.1) is 7.05 Å². The number of carbonyl (C=O) groups excluding carboxylic acids is 1. The van der Waals surface area contributed by atoms with Gasteiger partial charge in [0.1, 0.15) is 12.4 Å². The molecule has 4 heteroatoms. The van der Waals surface area contributed by atoms with E-state index >= 15 is 0 Å². The van der Waals surface area contributed by atoms with Gasteiger partial charge in [-0.15, -0.1) is 0 Å². The molecule has 0 spiro atoms. The fraction of sp³-hybridized carbons (Fsp3) is 0.381. The Morgan fingerprint density at radius 3 is 2.36 bits per heavy atom. The Bertz CT molecular complexity index is 699. The third kappa shape index (κ3) is 5.13. The summed E-state index contributed by atoms with van der Waals surface area (Å²) in [6.07, 6.45) is 1.09. The minimum atomic E-state index is -0.283. The first-order chi connectivity index (χ1) is 11.9. The lowest BCUT2D eigenvalue weighted by molar-refractivity contribution is -0.908. The Morgan fingerprint density at radius 2 is 1.76 bits per heavy atom. The molecule has 0 aliphatic heterocycles. The van der Waals surface area contributed by atoms with Crippen molar-refractivity contribution in [1.82, 2.24) is 0 Å². The molecule has 0 radical (unpaired) electrons. The summed E-state index contributed by atoms with van der Waals surface area (Å²) >= 11 is 0. The number of carbonyl (C=O) groups is 1. The highest BCUT2D eigenvalue weighted by Gasteiger charge is 2.23. The fourth-order valence-corrected chi connectivity index (χ4v) is 2.70. The molecule has 0 aliphatic rings. The number of quaternary nitrogens is 1. The maximum atomic E-state index is 13.8. The molecule has 25 heavy (non-hydrogen) atoms. The van der Waals surface area contributed by atoms with E-state index in [0.29, 0.717) is 18.0 Å². The highest BCUT2D eigenvalue weighted by molar-refractivity contribution is 5.93. The summed E-state index contributed by atoms with van der Waals surface area (Å²) in [5, 5.41) is 2.95. The van der Waals surface area contributed by atoms with E-state index < -0.39 is 0 Å². The van der Waals surface area contributed by atoms with Crippen molar-refractivity contribution in [2.24, 2.45) is 0 Å². The monoisotopic (exact) mass is 343 g/mol. The number of likely N-dealkylation sites (N-methyl/N-ethyl adjacent to an activating group) is 1. The van der Waals surface area contributed by atoms with Crippen molar-refractivity contribution in [2.45, 2.75) is 45.7 Å². The SMILES string of the molecule is CC[C@@H](C)c1ccc(NC(=O)[C@@H](C)[NH+](C)Cc2ccccc2F)cc1. The van der Waals surface area contributed by atoms with Crippen LogP contribution in [-0.2, 0) is 11.3 Å². The Labute approximate surface area is 149 Å². The molecule has 3 nitrogen and oxygen atoms in total. The number of hydrogen-bond acceptors (Lipinski definition) is 1. The standard InChI is InChI=1S/C21H27FN2O/c1-5-15(2)17-10-12-19(13-11-17)23-21(25)16(3)24(4)14-18-8-6-7-9-20(18)22/h6-13,15-16H,5,14H2,1-4H3,(H,23,25)/p+1/t15-,16-/m1/s1. The molecule has 1 unspecified atom stereocenters. The first-order valence-electron chi connectivity index (χ1n) is 8.89. The molecule has 0 heterocycles. The fourth-order valence-electron chi connectivity index (χ4n) is 2.70. The summed E-state index contributed by atoms with van der Waals surface area (Å²) in [6, 6.07) is 14.4. The molecule has 134 valence electrons. The first kappa shape index (κ1) is 19.1. The smallest absolute Gasteiger partial charge is 0.282 e.